The highest BCUT2D eigenvalue weighted by atomic mass is 32.2. The Morgan fingerprint density at radius 3 is 2.56 bits per heavy atom. The van der Waals surface area contributed by atoms with Gasteiger partial charge in [-0.2, -0.15) is 4.31 Å². The molecule has 2 aromatic carbocycles. The first-order valence-electron chi connectivity index (χ1n) is 8.71. The number of ether oxygens (including phenoxy) is 1. The Hall–Kier alpha value is -2.45. The Morgan fingerprint density at radius 2 is 1.85 bits per heavy atom. The van der Waals surface area contributed by atoms with Crippen molar-refractivity contribution in [2.24, 2.45) is 0 Å². The lowest BCUT2D eigenvalue weighted by Crippen LogP contribution is -2.46. The number of nitrogens with zero attached hydrogens (tertiary/aromatic N) is 1. The lowest BCUT2D eigenvalue weighted by Gasteiger charge is -2.23. The minimum Gasteiger partial charge on any atom is -0.492 e. The summed E-state index contributed by atoms with van der Waals surface area (Å²) in [4.78, 5) is 12.4. The van der Waals surface area contributed by atoms with Crippen LogP contribution in [0.4, 0.5) is 4.39 Å². The van der Waals surface area contributed by atoms with E-state index in [9.17, 15) is 17.6 Å². The fourth-order valence-electron chi connectivity index (χ4n) is 3.01. The molecule has 1 N–H and O–H groups in total. The van der Waals surface area contributed by atoms with Gasteiger partial charge in [-0.05, 0) is 49.2 Å². The maximum absolute atomic E-state index is 13.1. The minimum absolute atomic E-state index is 0.0176. The zero-order valence-corrected chi connectivity index (χ0v) is 15.5. The van der Waals surface area contributed by atoms with E-state index < -0.39 is 21.9 Å². The van der Waals surface area contributed by atoms with Gasteiger partial charge in [0.2, 0.25) is 15.9 Å². The fourth-order valence-corrected chi connectivity index (χ4v) is 4.67. The van der Waals surface area contributed by atoms with Crippen molar-refractivity contribution < 1.29 is 22.3 Å². The molecular formula is C19H21FN2O4S. The molecule has 1 aliphatic heterocycles. The van der Waals surface area contributed by atoms with Gasteiger partial charge in [0.15, 0.2) is 0 Å². The fraction of sp³-hybridized carbons (Fsp3) is 0.316. The van der Waals surface area contributed by atoms with Gasteiger partial charge in [0, 0.05) is 6.54 Å². The van der Waals surface area contributed by atoms with Gasteiger partial charge in [-0.25, -0.2) is 12.8 Å². The SMILES string of the molecule is O=C(NCCOc1ccccc1)C1CCCN1S(=O)(=O)c1ccc(F)cc1. The maximum atomic E-state index is 13.1. The molecule has 1 aliphatic rings. The van der Waals surface area contributed by atoms with Gasteiger partial charge in [0.1, 0.15) is 24.2 Å². The molecule has 27 heavy (non-hydrogen) atoms. The summed E-state index contributed by atoms with van der Waals surface area (Å²) in [5.74, 6) is -0.161. The highest BCUT2D eigenvalue weighted by molar-refractivity contribution is 7.89. The van der Waals surface area contributed by atoms with Crippen LogP contribution < -0.4 is 10.1 Å². The zero-order valence-electron chi connectivity index (χ0n) is 14.7. The van der Waals surface area contributed by atoms with Crippen LogP contribution >= 0.6 is 0 Å². The Bertz CT molecular complexity index is 872. The molecule has 1 unspecified atom stereocenters. The normalized spacial score (nSPS) is 17.6. The van der Waals surface area contributed by atoms with E-state index in [0.717, 1.165) is 12.1 Å². The largest absolute Gasteiger partial charge is 0.492 e. The van der Waals surface area contributed by atoms with Gasteiger partial charge in [-0.1, -0.05) is 18.2 Å². The van der Waals surface area contributed by atoms with Gasteiger partial charge >= 0.3 is 0 Å². The molecule has 0 aromatic heterocycles. The van der Waals surface area contributed by atoms with Crippen molar-refractivity contribution in [2.75, 3.05) is 19.7 Å². The Balaban J connectivity index is 1.58. The van der Waals surface area contributed by atoms with E-state index in [-0.39, 0.29) is 30.5 Å². The number of sulfonamides is 1. The van der Waals surface area contributed by atoms with Crippen molar-refractivity contribution in [1.82, 2.24) is 9.62 Å². The van der Waals surface area contributed by atoms with Crippen molar-refractivity contribution in [1.29, 1.82) is 0 Å². The molecule has 6 nitrogen and oxygen atoms in total. The third-order valence-corrected chi connectivity index (χ3v) is 6.26. The van der Waals surface area contributed by atoms with Crippen LogP contribution in [-0.2, 0) is 14.8 Å². The highest BCUT2D eigenvalue weighted by Crippen LogP contribution is 2.26. The van der Waals surface area contributed by atoms with Gasteiger partial charge < -0.3 is 10.1 Å². The minimum atomic E-state index is -3.85. The zero-order chi connectivity index (χ0) is 19.3. The number of halogens is 1. The first-order valence-corrected chi connectivity index (χ1v) is 10.2. The molecule has 1 fully saturated rings. The molecule has 0 saturated carbocycles. The summed E-state index contributed by atoms with van der Waals surface area (Å²) in [6, 6.07) is 13.1. The Kier molecular flexibility index (Phi) is 6.08. The molecule has 0 radical (unpaired) electrons. The number of nitrogens with one attached hydrogen (secondary N) is 1. The molecule has 0 spiro atoms. The number of carbonyl (C=O) groups excluding carboxylic acids is 1. The number of carbonyl (C=O) groups is 1. The average molecular weight is 392 g/mol. The van der Waals surface area contributed by atoms with Crippen LogP contribution in [0, 0.1) is 5.82 Å². The lowest BCUT2D eigenvalue weighted by molar-refractivity contribution is -0.124. The molecule has 8 heteroatoms. The molecule has 1 atom stereocenters. The number of rotatable bonds is 7. The van der Waals surface area contributed by atoms with Crippen LogP contribution in [0.25, 0.3) is 0 Å². The van der Waals surface area contributed by atoms with Crippen LogP contribution in [0.2, 0.25) is 0 Å². The summed E-state index contributed by atoms with van der Waals surface area (Å²) in [7, 11) is -3.85. The first kappa shape index (κ1) is 19.3. The summed E-state index contributed by atoms with van der Waals surface area (Å²) in [6.07, 6.45) is 1.05. The summed E-state index contributed by atoms with van der Waals surface area (Å²) in [5, 5.41) is 2.73. The third-order valence-electron chi connectivity index (χ3n) is 4.34. The van der Waals surface area contributed by atoms with Crippen molar-refractivity contribution >= 4 is 15.9 Å². The number of para-hydroxylation sites is 1. The van der Waals surface area contributed by atoms with Crippen LogP contribution in [0.15, 0.2) is 59.5 Å². The first-order chi connectivity index (χ1) is 13.0. The van der Waals surface area contributed by atoms with Crippen molar-refractivity contribution in [2.45, 2.75) is 23.8 Å². The van der Waals surface area contributed by atoms with Crippen LogP contribution in [0.1, 0.15) is 12.8 Å². The van der Waals surface area contributed by atoms with Gasteiger partial charge in [-0.15, -0.1) is 0 Å². The number of benzene rings is 2. The molecule has 144 valence electrons. The number of hydrogen-bond acceptors (Lipinski definition) is 4. The molecule has 3 rings (SSSR count). The summed E-state index contributed by atoms with van der Waals surface area (Å²) < 4.78 is 45.3. The monoisotopic (exact) mass is 392 g/mol. The number of amides is 1. The Labute approximate surface area is 158 Å². The predicted molar refractivity (Wildman–Crippen MR) is 98.3 cm³/mol. The van der Waals surface area contributed by atoms with E-state index >= 15 is 0 Å². The molecule has 2 aromatic rings. The van der Waals surface area contributed by atoms with Crippen molar-refractivity contribution in [3.05, 3.63) is 60.4 Å². The van der Waals surface area contributed by atoms with Crippen LogP contribution in [-0.4, -0.2) is 44.4 Å². The molecule has 1 saturated heterocycles. The average Bonchev–Trinajstić information content (AvgIpc) is 3.17. The van der Waals surface area contributed by atoms with Gasteiger partial charge in [-0.3, -0.25) is 4.79 Å². The van der Waals surface area contributed by atoms with E-state index in [1.165, 1.54) is 16.4 Å². The van der Waals surface area contributed by atoms with Crippen molar-refractivity contribution in [3.8, 4) is 5.75 Å². The van der Waals surface area contributed by atoms with Gasteiger partial charge in [0.05, 0.1) is 11.4 Å². The topological polar surface area (TPSA) is 75.7 Å². The molecule has 0 aliphatic carbocycles. The highest BCUT2D eigenvalue weighted by Gasteiger charge is 2.39. The molecule has 0 bridgehead atoms. The molecule has 1 heterocycles. The predicted octanol–water partition coefficient (Wildman–Crippen LogP) is 2.17. The van der Waals surface area contributed by atoms with E-state index in [0.29, 0.717) is 18.6 Å². The molecular weight excluding hydrogens is 371 g/mol. The van der Waals surface area contributed by atoms with Crippen molar-refractivity contribution in [3.63, 3.8) is 0 Å². The second-order valence-corrected chi connectivity index (χ2v) is 8.07. The van der Waals surface area contributed by atoms with E-state index in [1.807, 2.05) is 30.3 Å². The summed E-state index contributed by atoms with van der Waals surface area (Å²) in [6.45, 7) is 0.820. The van der Waals surface area contributed by atoms with Crippen LogP contribution in [0.5, 0.6) is 5.75 Å². The smallest absolute Gasteiger partial charge is 0.243 e. The lowest BCUT2D eigenvalue weighted by atomic mass is 10.2. The third kappa shape index (κ3) is 4.64. The summed E-state index contributed by atoms with van der Waals surface area (Å²) in [5.41, 5.74) is 0. The quantitative estimate of drug-likeness (QED) is 0.733. The second kappa shape index (κ2) is 8.49. The molecule has 1 amide bonds. The second-order valence-electron chi connectivity index (χ2n) is 6.18. The van der Waals surface area contributed by atoms with Gasteiger partial charge in [0.25, 0.3) is 0 Å². The Morgan fingerprint density at radius 1 is 1.15 bits per heavy atom. The summed E-state index contributed by atoms with van der Waals surface area (Å²) >= 11 is 0. The van der Waals surface area contributed by atoms with E-state index in [2.05, 4.69) is 5.32 Å². The number of hydrogen-bond donors (Lipinski definition) is 1. The standard InChI is InChI=1S/C19H21FN2O4S/c20-15-8-10-17(11-9-15)27(24,25)22-13-4-7-18(22)19(23)21-12-14-26-16-5-2-1-3-6-16/h1-3,5-6,8-11,18H,4,7,12-14H2,(H,21,23). The maximum Gasteiger partial charge on any atom is 0.243 e. The van der Waals surface area contributed by atoms with Crippen LogP contribution in [0.3, 0.4) is 0 Å². The van der Waals surface area contributed by atoms with E-state index in [4.69, 9.17) is 4.74 Å². The van der Waals surface area contributed by atoms with E-state index in [1.54, 1.807) is 0 Å².